The monoisotopic (exact) mass is 354 g/mol. The molecule has 3 rings (SSSR count). The van der Waals surface area contributed by atoms with Gasteiger partial charge in [-0.2, -0.15) is 0 Å². The highest BCUT2D eigenvalue weighted by Crippen LogP contribution is 2.28. The number of hydrogen-bond acceptors (Lipinski definition) is 7. The van der Waals surface area contributed by atoms with E-state index < -0.39 is 9.84 Å². The highest BCUT2D eigenvalue weighted by molar-refractivity contribution is 7.90. The van der Waals surface area contributed by atoms with Crippen LogP contribution in [-0.2, 0) is 14.6 Å². The first-order valence-corrected chi connectivity index (χ1v) is 10.5. The van der Waals surface area contributed by atoms with E-state index in [1.54, 1.807) is 0 Å². The van der Waals surface area contributed by atoms with Crippen molar-refractivity contribution in [2.45, 2.75) is 36.5 Å². The smallest absolute Gasteiger partial charge is 0.222 e. The number of hydrogen-bond donors (Lipinski definition) is 2. The Balaban J connectivity index is 1.77. The zero-order valence-electron chi connectivity index (χ0n) is 14.1. The Morgan fingerprint density at radius 3 is 2.79 bits per heavy atom. The van der Waals surface area contributed by atoms with E-state index in [-0.39, 0.29) is 10.8 Å². The number of sulfone groups is 1. The van der Waals surface area contributed by atoms with E-state index in [4.69, 9.17) is 4.74 Å². The molecule has 24 heavy (non-hydrogen) atoms. The van der Waals surface area contributed by atoms with Crippen LogP contribution in [0.5, 0.6) is 0 Å². The van der Waals surface area contributed by atoms with Crippen molar-refractivity contribution < 1.29 is 13.2 Å². The fraction of sp³-hybridized carbons (Fsp3) is 0.750. The van der Waals surface area contributed by atoms with Gasteiger partial charge in [-0.05, 0) is 38.1 Å². The highest BCUT2D eigenvalue weighted by atomic mass is 32.2. The second kappa shape index (κ2) is 7.76. The molecule has 0 radical (unpaired) electrons. The average molecular weight is 354 g/mol. The highest BCUT2D eigenvalue weighted by Gasteiger charge is 2.25. The van der Waals surface area contributed by atoms with Gasteiger partial charge in [-0.25, -0.2) is 18.4 Å². The topological polar surface area (TPSA) is 93.2 Å². The maximum Gasteiger partial charge on any atom is 0.222 e. The van der Waals surface area contributed by atoms with E-state index in [0.717, 1.165) is 58.5 Å². The van der Waals surface area contributed by atoms with Gasteiger partial charge in [0.2, 0.25) is 5.95 Å². The van der Waals surface area contributed by atoms with Crippen LogP contribution in [0, 0.1) is 5.92 Å². The third kappa shape index (κ3) is 4.43. The summed E-state index contributed by atoms with van der Waals surface area (Å²) in [6.07, 6.45) is 6.73. The number of anilines is 1. The molecule has 2 fully saturated rings. The summed E-state index contributed by atoms with van der Waals surface area (Å²) in [5.74, 6) is 1.20. The van der Waals surface area contributed by atoms with Crippen LogP contribution in [0.2, 0.25) is 0 Å². The number of ether oxygens (including phenoxy) is 1. The first-order valence-electron chi connectivity index (χ1n) is 8.63. The van der Waals surface area contributed by atoms with Gasteiger partial charge in [0.25, 0.3) is 0 Å². The molecule has 0 saturated carbocycles. The zero-order chi connectivity index (χ0) is 17.0. The van der Waals surface area contributed by atoms with Crippen molar-refractivity contribution in [3.63, 3.8) is 0 Å². The van der Waals surface area contributed by atoms with Crippen molar-refractivity contribution in [2.24, 2.45) is 5.92 Å². The summed E-state index contributed by atoms with van der Waals surface area (Å²) in [5.41, 5.74) is 0.647. The van der Waals surface area contributed by atoms with Gasteiger partial charge in [-0.3, -0.25) is 0 Å². The Hall–Kier alpha value is -1.25. The molecule has 2 aliphatic heterocycles. The molecule has 7 nitrogen and oxygen atoms in total. The molecule has 1 aromatic heterocycles. The number of nitrogens with zero attached hydrogens (tertiary/aromatic N) is 2. The summed E-state index contributed by atoms with van der Waals surface area (Å²) in [6.45, 7) is 4.14. The molecule has 0 unspecified atom stereocenters. The summed E-state index contributed by atoms with van der Waals surface area (Å²) in [6, 6.07) is 0. The van der Waals surface area contributed by atoms with Crippen LogP contribution in [0.3, 0.4) is 0 Å². The minimum atomic E-state index is -3.33. The van der Waals surface area contributed by atoms with E-state index in [9.17, 15) is 8.42 Å². The Kier molecular flexibility index (Phi) is 5.68. The van der Waals surface area contributed by atoms with Crippen LogP contribution in [0.15, 0.2) is 11.1 Å². The van der Waals surface area contributed by atoms with Crippen molar-refractivity contribution in [1.29, 1.82) is 0 Å². The third-order valence-electron chi connectivity index (χ3n) is 4.76. The van der Waals surface area contributed by atoms with Gasteiger partial charge in [0.05, 0.1) is 11.9 Å². The van der Waals surface area contributed by atoms with E-state index in [1.165, 1.54) is 12.5 Å². The molecule has 1 atom stereocenters. The van der Waals surface area contributed by atoms with Crippen molar-refractivity contribution in [3.05, 3.63) is 11.9 Å². The fourth-order valence-electron chi connectivity index (χ4n) is 3.32. The van der Waals surface area contributed by atoms with Crippen LogP contribution in [0.1, 0.15) is 37.3 Å². The SMILES string of the molecule is CS(=O)(=O)c1cnc(NCC2CCOCC2)nc1[C@H]1CCCNC1. The number of nitrogens with one attached hydrogen (secondary N) is 2. The summed E-state index contributed by atoms with van der Waals surface area (Å²) in [7, 11) is -3.33. The van der Waals surface area contributed by atoms with Gasteiger partial charge in [-0.15, -0.1) is 0 Å². The Morgan fingerprint density at radius 1 is 1.33 bits per heavy atom. The molecule has 3 heterocycles. The molecule has 134 valence electrons. The first-order chi connectivity index (χ1) is 11.5. The van der Waals surface area contributed by atoms with Crippen molar-refractivity contribution in [3.8, 4) is 0 Å². The van der Waals surface area contributed by atoms with Gasteiger partial charge in [-0.1, -0.05) is 0 Å². The summed E-state index contributed by atoms with van der Waals surface area (Å²) >= 11 is 0. The number of piperidine rings is 1. The second-order valence-corrected chi connectivity index (χ2v) is 8.68. The zero-order valence-corrected chi connectivity index (χ0v) is 14.9. The maximum atomic E-state index is 12.1. The second-order valence-electron chi connectivity index (χ2n) is 6.70. The normalized spacial score (nSPS) is 23.1. The molecular formula is C16H26N4O3S. The van der Waals surface area contributed by atoms with E-state index in [0.29, 0.717) is 17.6 Å². The molecule has 0 aliphatic carbocycles. The number of aromatic nitrogens is 2. The third-order valence-corrected chi connectivity index (χ3v) is 5.87. The first kappa shape index (κ1) is 17.6. The van der Waals surface area contributed by atoms with E-state index in [1.807, 2.05) is 0 Å². The molecule has 0 amide bonds. The maximum absolute atomic E-state index is 12.1. The van der Waals surface area contributed by atoms with Gasteiger partial charge >= 0.3 is 0 Å². The standard InChI is InChI=1S/C16H26N4O3S/c1-24(21,22)14-11-19-16(18-9-12-4-7-23-8-5-12)20-15(14)13-3-2-6-17-10-13/h11-13,17H,2-10H2,1H3,(H,18,19,20)/t13-/m0/s1. The lowest BCUT2D eigenvalue weighted by Crippen LogP contribution is -2.30. The number of rotatable bonds is 5. The van der Waals surface area contributed by atoms with Crippen LogP contribution in [-0.4, -0.2) is 57.5 Å². The predicted octanol–water partition coefficient (Wildman–Crippen LogP) is 1.19. The minimum Gasteiger partial charge on any atom is -0.381 e. The van der Waals surface area contributed by atoms with Gasteiger partial charge in [0.1, 0.15) is 4.90 Å². The van der Waals surface area contributed by atoms with Crippen LogP contribution < -0.4 is 10.6 Å². The lowest BCUT2D eigenvalue weighted by molar-refractivity contribution is 0.0699. The summed E-state index contributed by atoms with van der Waals surface area (Å²) in [5, 5.41) is 6.61. The van der Waals surface area contributed by atoms with Crippen LogP contribution >= 0.6 is 0 Å². The molecule has 0 aromatic carbocycles. The van der Waals surface area contributed by atoms with Crippen molar-refractivity contribution in [1.82, 2.24) is 15.3 Å². The van der Waals surface area contributed by atoms with Gasteiger partial charge in [0, 0.05) is 38.5 Å². The molecule has 2 N–H and O–H groups in total. The lowest BCUT2D eigenvalue weighted by Gasteiger charge is -2.25. The Morgan fingerprint density at radius 2 is 2.12 bits per heavy atom. The van der Waals surface area contributed by atoms with Crippen LogP contribution in [0.25, 0.3) is 0 Å². The van der Waals surface area contributed by atoms with Crippen LogP contribution in [0.4, 0.5) is 5.95 Å². The van der Waals surface area contributed by atoms with E-state index >= 15 is 0 Å². The van der Waals surface area contributed by atoms with E-state index in [2.05, 4.69) is 20.6 Å². The summed E-state index contributed by atoms with van der Waals surface area (Å²) < 4.78 is 29.5. The molecular weight excluding hydrogens is 328 g/mol. The van der Waals surface area contributed by atoms with Gasteiger partial charge < -0.3 is 15.4 Å². The summed E-state index contributed by atoms with van der Waals surface area (Å²) in [4.78, 5) is 9.06. The Labute approximate surface area is 143 Å². The predicted molar refractivity (Wildman–Crippen MR) is 92.0 cm³/mol. The average Bonchev–Trinajstić information content (AvgIpc) is 2.60. The molecule has 0 spiro atoms. The molecule has 1 aromatic rings. The quantitative estimate of drug-likeness (QED) is 0.820. The molecule has 8 heteroatoms. The van der Waals surface area contributed by atoms with Crippen molar-refractivity contribution >= 4 is 15.8 Å². The molecule has 0 bridgehead atoms. The minimum absolute atomic E-state index is 0.120. The van der Waals surface area contributed by atoms with Crippen molar-refractivity contribution in [2.75, 3.05) is 44.4 Å². The fourth-order valence-corrected chi connectivity index (χ4v) is 4.16. The molecule has 2 saturated heterocycles. The lowest BCUT2D eigenvalue weighted by atomic mass is 9.96. The molecule has 2 aliphatic rings. The Bertz CT molecular complexity index is 653. The largest absolute Gasteiger partial charge is 0.381 e. The van der Waals surface area contributed by atoms with Gasteiger partial charge in [0.15, 0.2) is 9.84 Å².